The largest absolute Gasteiger partial charge is 0.465 e. The fraction of sp³-hybridized carbons (Fsp3) is 0.500. The molecule has 104 valence electrons. The number of methoxy groups -OCH3 is 1. The molecule has 0 saturated carbocycles. The summed E-state index contributed by atoms with van der Waals surface area (Å²) in [5.41, 5.74) is 1.47. The first-order chi connectivity index (χ1) is 9.17. The monoisotopic (exact) mass is 264 g/mol. The van der Waals surface area contributed by atoms with Gasteiger partial charge in [0.2, 0.25) is 0 Å². The summed E-state index contributed by atoms with van der Waals surface area (Å²) in [7, 11) is 1.37. The number of esters is 1. The van der Waals surface area contributed by atoms with Crippen molar-refractivity contribution in [1.82, 2.24) is 5.32 Å². The minimum absolute atomic E-state index is 0.0247. The molecule has 0 aromatic heterocycles. The topological polar surface area (TPSA) is 61.8 Å². The summed E-state index contributed by atoms with van der Waals surface area (Å²) in [5.74, 6) is -0.342. The third kappa shape index (κ3) is 2.88. The van der Waals surface area contributed by atoms with Crippen LogP contribution < -0.4 is 10.2 Å². The van der Waals surface area contributed by atoms with Crippen molar-refractivity contribution in [3.63, 3.8) is 0 Å². The van der Waals surface area contributed by atoms with Crippen molar-refractivity contribution < 1.29 is 14.6 Å². The second kappa shape index (κ2) is 6.04. The zero-order valence-corrected chi connectivity index (χ0v) is 11.3. The van der Waals surface area contributed by atoms with Crippen LogP contribution in [0, 0.1) is 0 Å². The quantitative estimate of drug-likeness (QED) is 0.784. The van der Waals surface area contributed by atoms with Gasteiger partial charge < -0.3 is 20.1 Å². The number of carbonyl (C=O) groups excluding carboxylic acids is 1. The summed E-state index contributed by atoms with van der Waals surface area (Å²) in [6, 6.07) is 7.63. The first kappa shape index (κ1) is 13.8. The SMILES string of the molecule is COC(=O)c1cccc(N2C(C)CNCC2CO)c1. The summed E-state index contributed by atoms with van der Waals surface area (Å²) in [4.78, 5) is 13.7. The number of nitrogens with one attached hydrogen (secondary N) is 1. The average Bonchev–Trinajstić information content (AvgIpc) is 2.46. The van der Waals surface area contributed by atoms with Crippen LogP contribution in [0.1, 0.15) is 17.3 Å². The van der Waals surface area contributed by atoms with E-state index in [0.29, 0.717) is 5.56 Å². The predicted molar refractivity (Wildman–Crippen MR) is 73.5 cm³/mol. The number of hydrogen-bond acceptors (Lipinski definition) is 5. The Kier molecular flexibility index (Phi) is 4.39. The molecule has 0 amide bonds. The van der Waals surface area contributed by atoms with E-state index < -0.39 is 0 Å². The third-order valence-electron chi connectivity index (χ3n) is 3.46. The summed E-state index contributed by atoms with van der Waals surface area (Å²) < 4.78 is 4.74. The second-order valence-electron chi connectivity index (χ2n) is 4.79. The Morgan fingerprint density at radius 3 is 3.00 bits per heavy atom. The van der Waals surface area contributed by atoms with Gasteiger partial charge in [-0.1, -0.05) is 6.07 Å². The Morgan fingerprint density at radius 2 is 2.32 bits per heavy atom. The lowest BCUT2D eigenvalue weighted by atomic mass is 10.1. The van der Waals surface area contributed by atoms with Gasteiger partial charge in [-0.2, -0.15) is 0 Å². The molecular weight excluding hydrogens is 244 g/mol. The molecule has 1 heterocycles. The molecule has 5 heteroatoms. The van der Waals surface area contributed by atoms with Gasteiger partial charge in [0.1, 0.15) is 0 Å². The maximum Gasteiger partial charge on any atom is 0.337 e. The van der Waals surface area contributed by atoms with E-state index >= 15 is 0 Å². The summed E-state index contributed by atoms with van der Waals surface area (Å²) in [6.45, 7) is 3.78. The van der Waals surface area contributed by atoms with Crippen LogP contribution in [0.4, 0.5) is 5.69 Å². The molecule has 2 atom stereocenters. The Hall–Kier alpha value is -1.59. The highest BCUT2D eigenvalue weighted by Crippen LogP contribution is 2.23. The summed E-state index contributed by atoms with van der Waals surface area (Å²) in [5, 5.41) is 12.8. The third-order valence-corrected chi connectivity index (χ3v) is 3.46. The second-order valence-corrected chi connectivity index (χ2v) is 4.79. The molecule has 1 fully saturated rings. The van der Waals surface area contributed by atoms with Crippen LogP contribution in [0.25, 0.3) is 0 Å². The van der Waals surface area contributed by atoms with E-state index in [1.165, 1.54) is 7.11 Å². The first-order valence-corrected chi connectivity index (χ1v) is 6.45. The molecule has 1 aliphatic heterocycles. The van der Waals surface area contributed by atoms with Crippen LogP contribution in [0.3, 0.4) is 0 Å². The normalized spacial score (nSPS) is 23.2. The molecule has 1 saturated heterocycles. The summed E-state index contributed by atoms with van der Waals surface area (Å²) >= 11 is 0. The molecule has 0 bridgehead atoms. The smallest absolute Gasteiger partial charge is 0.337 e. The molecule has 2 rings (SSSR count). The number of anilines is 1. The van der Waals surface area contributed by atoms with Crippen molar-refractivity contribution >= 4 is 11.7 Å². The lowest BCUT2D eigenvalue weighted by Gasteiger charge is -2.42. The van der Waals surface area contributed by atoms with Gasteiger partial charge in [0.05, 0.1) is 25.3 Å². The lowest BCUT2D eigenvalue weighted by Crippen LogP contribution is -2.58. The Bertz CT molecular complexity index is 450. The van der Waals surface area contributed by atoms with E-state index in [9.17, 15) is 9.90 Å². The van der Waals surface area contributed by atoms with E-state index in [0.717, 1.165) is 18.8 Å². The predicted octanol–water partition coefficient (Wildman–Crippen LogP) is 0.632. The number of aliphatic hydroxyl groups excluding tert-OH is 1. The van der Waals surface area contributed by atoms with Crippen molar-refractivity contribution in [3.8, 4) is 0 Å². The van der Waals surface area contributed by atoms with Crippen LogP contribution in [0.2, 0.25) is 0 Å². The maximum absolute atomic E-state index is 11.6. The molecule has 0 spiro atoms. The molecular formula is C14H20N2O3. The molecule has 1 aromatic rings. The summed E-state index contributed by atoms with van der Waals surface area (Å²) in [6.07, 6.45) is 0. The average molecular weight is 264 g/mol. The molecule has 2 N–H and O–H groups in total. The molecule has 0 radical (unpaired) electrons. The zero-order chi connectivity index (χ0) is 13.8. The minimum Gasteiger partial charge on any atom is -0.465 e. The van der Waals surface area contributed by atoms with Crippen LogP contribution in [0.15, 0.2) is 24.3 Å². The Balaban J connectivity index is 2.30. The van der Waals surface area contributed by atoms with Crippen molar-refractivity contribution in [3.05, 3.63) is 29.8 Å². The highest BCUT2D eigenvalue weighted by Gasteiger charge is 2.27. The standard InChI is InChI=1S/C14H20N2O3/c1-10-7-15-8-13(9-17)16(10)12-5-3-4-11(6-12)14(18)19-2/h3-6,10,13,15,17H,7-9H2,1-2H3. The van der Waals surface area contributed by atoms with Crippen LogP contribution in [-0.4, -0.2) is 50.0 Å². The molecule has 5 nitrogen and oxygen atoms in total. The zero-order valence-electron chi connectivity index (χ0n) is 11.3. The van der Waals surface area contributed by atoms with E-state index in [1.54, 1.807) is 6.07 Å². The highest BCUT2D eigenvalue weighted by molar-refractivity contribution is 5.90. The lowest BCUT2D eigenvalue weighted by molar-refractivity contribution is 0.0600. The molecule has 19 heavy (non-hydrogen) atoms. The number of rotatable bonds is 3. The maximum atomic E-state index is 11.6. The van der Waals surface area contributed by atoms with Gasteiger partial charge in [-0.05, 0) is 25.1 Å². The van der Waals surface area contributed by atoms with Gasteiger partial charge in [-0.3, -0.25) is 0 Å². The fourth-order valence-electron chi connectivity index (χ4n) is 2.54. The molecule has 2 unspecified atom stereocenters. The highest BCUT2D eigenvalue weighted by atomic mass is 16.5. The van der Waals surface area contributed by atoms with Crippen molar-refractivity contribution in [2.24, 2.45) is 0 Å². The Morgan fingerprint density at radius 1 is 1.53 bits per heavy atom. The van der Waals surface area contributed by atoms with Gasteiger partial charge >= 0.3 is 5.97 Å². The van der Waals surface area contributed by atoms with Gasteiger partial charge in [0.15, 0.2) is 0 Å². The minimum atomic E-state index is -0.342. The van der Waals surface area contributed by atoms with Crippen LogP contribution >= 0.6 is 0 Å². The van der Waals surface area contributed by atoms with Gasteiger partial charge in [-0.15, -0.1) is 0 Å². The van der Waals surface area contributed by atoms with E-state index in [-0.39, 0.29) is 24.7 Å². The number of hydrogen-bond donors (Lipinski definition) is 2. The number of nitrogens with zero attached hydrogens (tertiary/aromatic N) is 1. The number of carbonyl (C=O) groups is 1. The molecule has 1 aliphatic rings. The van der Waals surface area contributed by atoms with Gasteiger partial charge in [0.25, 0.3) is 0 Å². The van der Waals surface area contributed by atoms with E-state index in [1.807, 2.05) is 18.2 Å². The van der Waals surface area contributed by atoms with Crippen LogP contribution in [0.5, 0.6) is 0 Å². The molecule has 1 aromatic carbocycles. The van der Waals surface area contributed by atoms with E-state index in [2.05, 4.69) is 17.1 Å². The number of piperazine rings is 1. The van der Waals surface area contributed by atoms with Crippen molar-refractivity contribution in [2.75, 3.05) is 31.7 Å². The fourth-order valence-corrected chi connectivity index (χ4v) is 2.54. The van der Waals surface area contributed by atoms with Crippen molar-refractivity contribution in [2.45, 2.75) is 19.0 Å². The number of ether oxygens (including phenoxy) is 1. The number of benzene rings is 1. The first-order valence-electron chi connectivity index (χ1n) is 6.45. The number of aliphatic hydroxyl groups is 1. The van der Waals surface area contributed by atoms with Gasteiger partial charge in [-0.25, -0.2) is 4.79 Å². The Labute approximate surface area is 113 Å². The van der Waals surface area contributed by atoms with Gasteiger partial charge in [0, 0.05) is 24.8 Å². The molecule has 0 aliphatic carbocycles. The van der Waals surface area contributed by atoms with E-state index in [4.69, 9.17) is 4.74 Å². The van der Waals surface area contributed by atoms with Crippen molar-refractivity contribution in [1.29, 1.82) is 0 Å². The van der Waals surface area contributed by atoms with Crippen LogP contribution in [-0.2, 0) is 4.74 Å².